The molecule has 1 heterocycles. The minimum absolute atomic E-state index is 0.0122. The van der Waals surface area contributed by atoms with Gasteiger partial charge in [-0.3, -0.25) is 4.57 Å². The number of aromatic hydroxyl groups is 2. The maximum atomic E-state index is 10.5. The van der Waals surface area contributed by atoms with Gasteiger partial charge in [-0.2, -0.15) is 0 Å². The smallest absolute Gasteiger partial charge is 0.198 e. The lowest BCUT2D eigenvalue weighted by atomic mass is 9.95. The van der Waals surface area contributed by atoms with Crippen molar-refractivity contribution in [3.63, 3.8) is 0 Å². The van der Waals surface area contributed by atoms with Crippen LogP contribution in [0.15, 0.2) is 30.3 Å². The molecule has 0 spiro atoms. The molecule has 106 valence electrons. The molecule has 0 amide bonds. The summed E-state index contributed by atoms with van der Waals surface area (Å²) in [5.41, 5.74) is 3.01. The van der Waals surface area contributed by atoms with Gasteiger partial charge in [-0.05, 0) is 37.7 Å². The largest absolute Gasteiger partial charge is 0.494 e. The molecule has 1 atom stereocenters. The Morgan fingerprint density at radius 2 is 1.55 bits per heavy atom. The van der Waals surface area contributed by atoms with Gasteiger partial charge in [-0.15, -0.1) is 0 Å². The summed E-state index contributed by atoms with van der Waals surface area (Å²) in [5.74, 6) is 0.515. The molecule has 0 saturated carbocycles. The third kappa shape index (κ3) is 1.98. The highest BCUT2D eigenvalue weighted by Gasteiger charge is 2.28. The SMILES string of the molecule is CCC(c1ccccc1)n1c(O)c2c(c1O)CCCC2. The molecule has 3 heteroatoms. The van der Waals surface area contributed by atoms with Gasteiger partial charge in [0.2, 0.25) is 0 Å². The Hall–Kier alpha value is -1.90. The van der Waals surface area contributed by atoms with Crippen molar-refractivity contribution in [2.24, 2.45) is 0 Å². The Balaban J connectivity index is 2.11. The second-order valence-corrected chi connectivity index (χ2v) is 5.52. The number of nitrogens with zero attached hydrogens (tertiary/aromatic N) is 1. The molecule has 3 nitrogen and oxygen atoms in total. The van der Waals surface area contributed by atoms with Gasteiger partial charge in [0.1, 0.15) is 0 Å². The Morgan fingerprint density at radius 1 is 1.00 bits per heavy atom. The monoisotopic (exact) mass is 271 g/mol. The number of rotatable bonds is 3. The zero-order valence-electron chi connectivity index (χ0n) is 11.8. The number of benzene rings is 1. The molecule has 1 unspecified atom stereocenters. The van der Waals surface area contributed by atoms with Crippen LogP contribution in [0.3, 0.4) is 0 Å². The highest BCUT2D eigenvalue weighted by Crippen LogP contribution is 2.42. The number of aromatic nitrogens is 1. The lowest BCUT2D eigenvalue weighted by Gasteiger charge is -2.19. The first-order chi connectivity index (χ1) is 9.74. The lowest BCUT2D eigenvalue weighted by molar-refractivity contribution is 0.344. The zero-order valence-corrected chi connectivity index (χ0v) is 11.8. The quantitative estimate of drug-likeness (QED) is 0.892. The van der Waals surface area contributed by atoms with E-state index in [-0.39, 0.29) is 17.8 Å². The van der Waals surface area contributed by atoms with E-state index in [2.05, 4.69) is 6.92 Å². The minimum atomic E-state index is -0.0122. The van der Waals surface area contributed by atoms with Crippen LogP contribution < -0.4 is 0 Å². The number of fused-ring (bicyclic) bond motifs is 1. The third-order valence-corrected chi connectivity index (χ3v) is 4.35. The van der Waals surface area contributed by atoms with Crippen LogP contribution in [0, 0.1) is 0 Å². The molecule has 1 aromatic carbocycles. The second-order valence-electron chi connectivity index (χ2n) is 5.52. The van der Waals surface area contributed by atoms with E-state index in [0.717, 1.165) is 48.8 Å². The Labute approximate surface area is 119 Å². The molecule has 3 rings (SSSR count). The lowest BCUT2D eigenvalue weighted by Crippen LogP contribution is -2.09. The van der Waals surface area contributed by atoms with Crippen molar-refractivity contribution < 1.29 is 10.2 Å². The molecule has 0 fully saturated rings. The van der Waals surface area contributed by atoms with Gasteiger partial charge in [-0.1, -0.05) is 37.3 Å². The van der Waals surface area contributed by atoms with Crippen molar-refractivity contribution in [1.29, 1.82) is 0 Å². The van der Waals surface area contributed by atoms with Gasteiger partial charge in [0.25, 0.3) is 0 Å². The van der Waals surface area contributed by atoms with Crippen LogP contribution in [-0.4, -0.2) is 14.8 Å². The van der Waals surface area contributed by atoms with Crippen molar-refractivity contribution in [3.05, 3.63) is 47.0 Å². The first-order valence-corrected chi connectivity index (χ1v) is 7.42. The average Bonchev–Trinajstić information content (AvgIpc) is 2.75. The van der Waals surface area contributed by atoms with E-state index in [1.54, 1.807) is 4.57 Å². The van der Waals surface area contributed by atoms with Gasteiger partial charge in [-0.25, -0.2) is 0 Å². The molecule has 2 aromatic rings. The van der Waals surface area contributed by atoms with Gasteiger partial charge >= 0.3 is 0 Å². The summed E-state index contributed by atoms with van der Waals surface area (Å²) in [6.45, 7) is 2.08. The average molecular weight is 271 g/mol. The molecule has 1 aliphatic rings. The number of hydrogen-bond donors (Lipinski definition) is 2. The summed E-state index contributed by atoms with van der Waals surface area (Å²) < 4.78 is 1.71. The van der Waals surface area contributed by atoms with E-state index in [1.165, 1.54) is 0 Å². The molecule has 1 aliphatic carbocycles. The fourth-order valence-corrected chi connectivity index (χ4v) is 3.33. The molecule has 0 radical (unpaired) electrons. The number of hydrogen-bond acceptors (Lipinski definition) is 2. The predicted molar refractivity (Wildman–Crippen MR) is 79.3 cm³/mol. The van der Waals surface area contributed by atoms with Crippen LogP contribution >= 0.6 is 0 Å². The molecular weight excluding hydrogens is 250 g/mol. The van der Waals surface area contributed by atoms with E-state index in [4.69, 9.17) is 0 Å². The fraction of sp³-hybridized carbons (Fsp3) is 0.412. The van der Waals surface area contributed by atoms with Crippen LogP contribution in [0.25, 0.3) is 0 Å². The van der Waals surface area contributed by atoms with E-state index in [0.29, 0.717) is 0 Å². The second kappa shape index (κ2) is 5.23. The first-order valence-electron chi connectivity index (χ1n) is 7.42. The van der Waals surface area contributed by atoms with Crippen molar-refractivity contribution in [2.75, 3.05) is 0 Å². The predicted octanol–water partition coefficient (Wildman–Crippen LogP) is 3.78. The standard InChI is InChI=1S/C17H21NO2/c1-2-15(12-8-4-3-5-9-12)18-16(19)13-10-6-7-11-14(13)17(18)20/h3-5,8-9,15,19-20H,2,6-7,10-11H2,1H3. The van der Waals surface area contributed by atoms with E-state index >= 15 is 0 Å². The van der Waals surface area contributed by atoms with Crippen LogP contribution in [0.5, 0.6) is 11.8 Å². The Morgan fingerprint density at radius 3 is 2.05 bits per heavy atom. The van der Waals surface area contributed by atoms with E-state index in [9.17, 15) is 10.2 Å². The Kier molecular flexibility index (Phi) is 3.43. The molecule has 0 bridgehead atoms. The summed E-state index contributed by atoms with van der Waals surface area (Å²) >= 11 is 0. The maximum Gasteiger partial charge on any atom is 0.198 e. The fourth-order valence-electron chi connectivity index (χ4n) is 3.33. The minimum Gasteiger partial charge on any atom is -0.494 e. The topological polar surface area (TPSA) is 45.4 Å². The molecule has 0 aliphatic heterocycles. The summed E-state index contributed by atoms with van der Waals surface area (Å²) in [5, 5.41) is 21.0. The van der Waals surface area contributed by atoms with Gasteiger partial charge in [0.05, 0.1) is 6.04 Å². The highest BCUT2D eigenvalue weighted by atomic mass is 16.3. The normalized spacial score (nSPS) is 15.8. The van der Waals surface area contributed by atoms with Crippen LogP contribution in [0.2, 0.25) is 0 Å². The van der Waals surface area contributed by atoms with Crippen molar-refractivity contribution >= 4 is 0 Å². The summed E-state index contributed by atoms with van der Waals surface area (Å²) in [6, 6.07) is 10.1. The van der Waals surface area contributed by atoms with Crippen molar-refractivity contribution in [2.45, 2.75) is 45.1 Å². The van der Waals surface area contributed by atoms with Gasteiger partial charge in [0, 0.05) is 11.1 Å². The van der Waals surface area contributed by atoms with Gasteiger partial charge < -0.3 is 10.2 Å². The summed E-state index contributed by atoms with van der Waals surface area (Å²) in [4.78, 5) is 0. The van der Waals surface area contributed by atoms with Gasteiger partial charge in [0.15, 0.2) is 11.8 Å². The zero-order chi connectivity index (χ0) is 14.1. The van der Waals surface area contributed by atoms with Crippen LogP contribution in [-0.2, 0) is 12.8 Å². The highest BCUT2D eigenvalue weighted by molar-refractivity contribution is 5.48. The molecule has 2 N–H and O–H groups in total. The molecule has 1 aromatic heterocycles. The summed E-state index contributed by atoms with van der Waals surface area (Å²) in [6.07, 6.45) is 4.75. The molecule has 0 saturated heterocycles. The first kappa shape index (κ1) is 13.1. The third-order valence-electron chi connectivity index (χ3n) is 4.35. The van der Waals surface area contributed by atoms with Crippen LogP contribution in [0.1, 0.15) is 48.9 Å². The van der Waals surface area contributed by atoms with Crippen molar-refractivity contribution in [3.8, 4) is 11.8 Å². The Bertz CT molecular complexity index is 572. The molecule has 20 heavy (non-hydrogen) atoms. The van der Waals surface area contributed by atoms with E-state index in [1.807, 2.05) is 30.3 Å². The maximum absolute atomic E-state index is 10.5. The van der Waals surface area contributed by atoms with Crippen molar-refractivity contribution in [1.82, 2.24) is 4.57 Å². The van der Waals surface area contributed by atoms with E-state index < -0.39 is 0 Å². The molecular formula is C17H21NO2. The van der Waals surface area contributed by atoms with Crippen LogP contribution in [0.4, 0.5) is 0 Å². The summed E-state index contributed by atoms with van der Waals surface area (Å²) in [7, 11) is 0.